The fourth-order valence-electron chi connectivity index (χ4n) is 0.825. The molecule has 1 heterocycles. The van der Waals surface area contributed by atoms with Crippen LogP contribution < -0.4 is 15.2 Å². The van der Waals surface area contributed by atoms with Gasteiger partial charge in [0.25, 0.3) is 11.8 Å². The van der Waals surface area contributed by atoms with Crippen LogP contribution in [0.2, 0.25) is 0 Å². The van der Waals surface area contributed by atoms with Crippen LogP contribution in [0.3, 0.4) is 0 Å². The zero-order chi connectivity index (χ0) is 10.4. The van der Waals surface area contributed by atoms with Gasteiger partial charge in [-0.3, -0.25) is 0 Å². The molecule has 0 bridgehead atoms. The minimum Gasteiger partial charge on any atom is -0.477 e. The van der Waals surface area contributed by atoms with Crippen molar-refractivity contribution in [2.45, 2.75) is 6.42 Å². The van der Waals surface area contributed by atoms with Crippen LogP contribution in [0.5, 0.6) is 11.8 Å². The molecule has 0 aliphatic carbocycles. The van der Waals surface area contributed by atoms with Crippen LogP contribution in [0, 0.1) is 0 Å². The van der Waals surface area contributed by atoms with Gasteiger partial charge in [0, 0.05) is 0 Å². The van der Waals surface area contributed by atoms with Crippen molar-refractivity contribution >= 4 is 15.9 Å². The quantitative estimate of drug-likeness (QED) is 0.801. The largest absolute Gasteiger partial charge is 0.477 e. The van der Waals surface area contributed by atoms with Gasteiger partial charge in [0.15, 0.2) is 0 Å². The molecule has 1 aromatic rings. The van der Waals surface area contributed by atoms with Gasteiger partial charge < -0.3 is 15.2 Å². The third-order valence-electron chi connectivity index (χ3n) is 1.46. The van der Waals surface area contributed by atoms with Crippen LogP contribution in [-0.2, 0) is 0 Å². The average molecular weight is 262 g/mol. The Bertz CT molecular complexity index is 296. The minimum absolute atomic E-state index is 0.372. The molecule has 0 atom stereocenters. The summed E-state index contributed by atoms with van der Waals surface area (Å²) in [6.07, 6.45) is 2.33. The molecule has 14 heavy (non-hydrogen) atoms. The van der Waals surface area contributed by atoms with Gasteiger partial charge in [-0.1, -0.05) is 0 Å². The SMILES string of the molecule is COc1nc(Br)cnc1OCCCN. The highest BCUT2D eigenvalue weighted by molar-refractivity contribution is 9.10. The predicted molar refractivity (Wildman–Crippen MR) is 55.5 cm³/mol. The van der Waals surface area contributed by atoms with Gasteiger partial charge in [-0.2, -0.15) is 4.98 Å². The van der Waals surface area contributed by atoms with Crippen LogP contribution >= 0.6 is 15.9 Å². The molecule has 5 nitrogen and oxygen atoms in total. The molecule has 2 N–H and O–H groups in total. The number of halogens is 1. The van der Waals surface area contributed by atoms with Gasteiger partial charge >= 0.3 is 0 Å². The Labute approximate surface area is 90.8 Å². The van der Waals surface area contributed by atoms with Gasteiger partial charge in [-0.15, -0.1) is 0 Å². The molecule has 0 saturated heterocycles. The van der Waals surface area contributed by atoms with Gasteiger partial charge in [-0.05, 0) is 28.9 Å². The second-order valence-electron chi connectivity index (χ2n) is 2.50. The van der Waals surface area contributed by atoms with E-state index >= 15 is 0 Å². The number of methoxy groups -OCH3 is 1. The zero-order valence-electron chi connectivity index (χ0n) is 7.86. The standard InChI is InChI=1S/C8H12BrN3O2/c1-13-8-7(14-4-2-3-10)11-5-6(9)12-8/h5H,2-4,10H2,1H3. The first-order chi connectivity index (χ1) is 6.77. The molecule has 0 saturated carbocycles. The van der Waals surface area contributed by atoms with E-state index in [1.807, 2.05) is 0 Å². The van der Waals surface area contributed by atoms with E-state index in [0.29, 0.717) is 29.5 Å². The third-order valence-corrected chi connectivity index (χ3v) is 1.84. The van der Waals surface area contributed by atoms with E-state index in [0.717, 1.165) is 6.42 Å². The van der Waals surface area contributed by atoms with Crippen molar-refractivity contribution in [1.29, 1.82) is 0 Å². The highest BCUT2D eigenvalue weighted by Gasteiger charge is 2.07. The number of rotatable bonds is 5. The Balaban J connectivity index is 2.65. The lowest BCUT2D eigenvalue weighted by Gasteiger charge is -2.07. The van der Waals surface area contributed by atoms with E-state index in [9.17, 15) is 0 Å². The lowest BCUT2D eigenvalue weighted by molar-refractivity contribution is 0.273. The molecule has 0 amide bonds. The summed E-state index contributed by atoms with van der Waals surface area (Å²) in [5.41, 5.74) is 5.33. The summed E-state index contributed by atoms with van der Waals surface area (Å²) in [5.74, 6) is 0.764. The number of hydrogen-bond donors (Lipinski definition) is 1. The summed E-state index contributed by atoms with van der Waals surface area (Å²) < 4.78 is 10.9. The predicted octanol–water partition coefficient (Wildman–Crippen LogP) is 0.975. The van der Waals surface area contributed by atoms with Crippen molar-refractivity contribution in [1.82, 2.24) is 9.97 Å². The van der Waals surface area contributed by atoms with Crippen molar-refractivity contribution in [3.63, 3.8) is 0 Å². The molecular formula is C8H12BrN3O2. The Morgan fingerprint density at radius 1 is 1.50 bits per heavy atom. The molecule has 1 rings (SSSR count). The molecule has 0 aromatic carbocycles. The molecule has 0 fully saturated rings. The highest BCUT2D eigenvalue weighted by atomic mass is 79.9. The maximum absolute atomic E-state index is 5.33. The lowest BCUT2D eigenvalue weighted by Crippen LogP contribution is -2.08. The molecule has 0 unspecified atom stereocenters. The molecule has 0 spiro atoms. The normalized spacial score (nSPS) is 9.93. The first-order valence-electron chi connectivity index (χ1n) is 4.17. The van der Waals surface area contributed by atoms with Crippen molar-refractivity contribution in [2.24, 2.45) is 5.73 Å². The third kappa shape index (κ3) is 3.12. The molecule has 78 valence electrons. The van der Waals surface area contributed by atoms with Crippen molar-refractivity contribution in [3.8, 4) is 11.8 Å². The highest BCUT2D eigenvalue weighted by Crippen LogP contribution is 2.22. The Hall–Kier alpha value is -0.880. The number of aromatic nitrogens is 2. The van der Waals surface area contributed by atoms with Crippen LogP contribution in [0.15, 0.2) is 10.8 Å². The van der Waals surface area contributed by atoms with Crippen molar-refractivity contribution < 1.29 is 9.47 Å². The van der Waals surface area contributed by atoms with Crippen LogP contribution in [-0.4, -0.2) is 30.2 Å². The maximum atomic E-state index is 5.33. The van der Waals surface area contributed by atoms with Gasteiger partial charge in [-0.25, -0.2) is 4.98 Å². The van der Waals surface area contributed by atoms with Crippen LogP contribution in [0.1, 0.15) is 6.42 Å². The second kappa shape index (κ2) is 5.77. The van der Waals surface area contributed by atoms with E-state index in [4.69, 9.17) is 15.2 Å². The van der Waals surface area contributed by atoms with E-state index in [-0.39, 0.29) is 0 Å². The molecule has 0 radical (unpaired) electrons. The summed E-state index contributed by atoms with van der Waals surface area (Å²) in [6, 6.07) is 0. The van der Waals surface area contributed by atoms with Crippen molar-refractivity contribution in [2.75, 3.05) is 20.3 Å². The molecule has 0 aliphatic heterocycles. The van der Waals surface area contributed by atoms with Gasteiger partial charge in [0.05, 0.1) is 19.9 Å². The van der Waals surface area contributed by atoms with E-state index in [2.05, 4.69) is 25.9 Å². The van der Waals surface area contributed by atoms with Gasteiger partial charge in [0.1, 0.15) is 4.60 Å². The average Bonchev–Trinajstić information content (AvgIpc) is 2.20. The monoisotopic (exact) mass is 261 g/mol. The fourth-order valence-corrected chi connectivity index (χ4v) is 1.09. The van der Waals surface area contributed by atoms with E-state index < -0.39 is 0 Å². The molecule has 6 heteroatoms. The molecule has 1 aromatic heterocycles. The summed E-state index contributed by atoms with van der Waals surface area (Å²) >= 11 is 3.19. The van der Waals surface area contributed by atoms with Crippen molar-refractivity contribution in [3.05, 3.63) is 10.8 Å². The lowest BCUT2D eigenvalue weighted by atomic mass is 10.5. The Morgan fingerprint density at radius 2 is 2.29 bits per heavy atom. The maximum Gasteiger partial charge on any atom is 0.278 e. The molecule has 0 aliphatic rings. The number of nitrogens with zero attached hydrogens (tertiary/aromatic N) is 2. The smallest absolute Gasteiger partial charge is 0.278 e. The first kappa shape index (κ1) is 11.2. The number of ether oxygens (including phenoxy) is 2. The summed E-state index contributed by atoms with van der Waals surface area (Å²) in [7, 11) is 1.52. The Morgan fingerprint density at radius 3 is 2.93 bits per heavy atom. The summed E-state index contributed by atoms with van der Waals surface area (Å²) in [4.78, 5) is 8.07. The number of hydrogen-bond acceptors (Lipinski definition) is 5. The zero-order valence-corrected chi connectivity index (χ0v) is 9.45. The topological polar surface area (TPSA) is 70.3 Å². The second-order valence-corrected chi connectivity index (χ2v) is 3.31. The van der Waals surface area contributed by atoms with E-state index in [1.54, 1.807) is 6.20 Å². The summed E-state index contributed by atoms with van der Waals surface area (Å²) in [6.45, 7) is 1.11. The minimum atomic E-state index is 0.372. The fraction of sp³-hybridized carbons (Fsp3) is 0.500. The van der Waals surface area contributed by atoms with E-state index in [1.165, 1.54) is 7.11 Å². The molecular weight excluding hydrogens is 250 g/mol. The summed E-state index contributed by atoms with van der Waals surface area (Å²) in [5, 5.41) is 0. The van der Waals surface area contributed by atoms with Gasteiger partial charge in [0.2, 0.25) is 0 Å². The first-order valence-corrected chi connectivity index (χ1v) is 4.96. The number of nitrogens with two attached hydrogens (primary N) is 1. The Kier molecular flexibility index (Phi) is 4.61. The van der Waals surface area contributed by atoms with Crippen LogP contribution in [0.25, 0.3) is 0 Å². The van der Waals surface area contributed by atoms with Crippen LogP contribution in [0.4, 0.5) is 0 Å².